The Labute approximate surface area is 99.9 Å². The number of likely N-dealkylation sites (tertiary alicyclic amines) is 1. The normalized spacial score (nSPS) is 20.7. The van der Waals surface area contributed by atoms with Crippen LogP contribution in [0.5, 0.6) is 0 Å². The van der Waals surface area contributed by atoms with Gasteiger partial charge in [0.25, 0.3) is 0 Å². The Bertz CT molecular complexity index is 433. The van der Waals surface area contributed by atoms with Crippen LogP contribution < -0.4 is 0 Å². The number of aryl methyl sites for hydroxylation is 1. The molecule has 1 aromatic rings. The topological polar surface area (TPSA) is 40.5 Å². The number of aliphatic carboxylic acids is 1. The number of hydrogen-bond acceptors (Lipinski definition) is 2. The molecule has 1 N–H and O–H groups in total. The van der Waals surface area contributed by atoms with Crippen LogP contribution >= 0.6 is 0 Å². The predicted octanol–water partition coefficient (Wildman–Crippen LogP) is 2.18. The molecule has 0 amide bonds. The molecule has 3 nitrogen and oxygen atoms in total. The van der Waals surface area contributed by atoms with Crippen LogP contribution in [0.15, 0.2) is 18.2 Å². The van der Waals surface area contributed by atoms with Crippen LogP contribution in [-0.2, 0) is 11.3 Å². The van der Waals surface area contributed by atoms with Gasteiger partial charge in [0, 0.05) is 12.1 Å². The molecular weight excluding hydrogens is 221 g/mol. The summed E-state index contributed by atoms with van der Waals surface area (Å²) in [5, 5.41) is 9.05. The molecule has 0 aromatic heterocycles. The fourth-order valence-electron chi connectivity index (χ4n) is 2.34. The van der Waals surface area contributed by atoms with Crippen molar-refractivity contribution in [3.05, 3.63) is 35.1 Å². The highest BCUT2D eigenvalue weighted by Gasteiger charge is 2.30. The Balaban J connectivity index is 2.15. The third-order valence-corrected chi connectivity index (χ3v) is 3.22. The standard InChI is InChI=1S/C13H16FNO2/c1-9-4-5-11(14)10(7-9)8-15-6-2-3-12(15)13(16)17/h4-5,7,12H,2-3,6,8H2,1H3,(H,16,17)/t12-/m1/s1. The fourth-order valence-corrected chi connectivity index (χ4v) is 2.34. The molecule has 1 heterocycles. The van der Waals surface area contributed by atoms with Crippen molar-refractivity contribution in [3.63, 3.8) is 0 Å². The summed E-state index contributed by atoms with van der Waals surface area (Å²) < 4.78 is 13.6. The molecule has 0 bridgehead atoms. The first kappa shape index (κ1) is 12.0. The molecule has 1 aromatic carbocycles. The van der Waals surface area contributed by atoms with E-state index in [0.29, 0.717) is 18.5 Å². The van der Waals surface area contributed by atoms with Crippen LogP contribution in [-0.4, -0.2) is 28.6 Å². The lowest BCUT2D eigenvalue weighted by Crippen LogP contribution is -2.35. The minimum atomic E-state index is -0.810. The molecule has 4 heteroatoms. The summed E-state index contributed by atoms with van der Waals surface area (Å²) in [7, 11) is 0. The van der Waals surface area contributed by atoms with E-state index >= 15 is 0 Å². The smallest absolute Gasteiger partial charge is 0.320 e. The lowest BCUT2D eigenvalue weighted by atomic mass is 10.1. The molecule has 92 valence electrons. The summed E-state index contributed by atoms with van der Waals surface area (Å²) in [6, 6.07) is 4.48. The van der Waals surface area contributed by atoms with Gasteiger partial charge in [0.2, 0.25) is 0 Å². The quantitative estimate of drug-likeness (QED) is 0.876. The highest BCUT2D eigenvalue weighted by atomic mass is 19.1. The molecule has 17 heavy (non-hydrogen) atoms. The van der Waals surface area contributed by atoms with E-state index in [1.54, 1.807) is 12.1 Å². The van der Waals surface area contributed by atoms with E-state index < -0.39 is 12.0 Å². The van der Waals surface area contributed by atoms with Crippen molar-refractivity contribution in [1.29, 1.82) is 0 Å². The number of carboxylic acid groups (broad SMARTS) is 1. The van der Waals surface area contributed by atoms with E-state index in [0.717, 1.165) is 18.5 Å². The minimum Gasteiger partial charge on any atom is -0.480 e. The van der Waals surface area contributed by atoms with E-state index in [4.69, 9.17) is 5.11 Å². The van der Waals surface area contributed by atoms with Crippen LogP contribution in [0.1, 0.15) is 24.0 Å². The van der Waals surface area contributed by atoms with Crippen molar-refractivity contribution in [2.45, 2.75) is 32.4 Å². The summed E-state index contributed by atoms with van der Waals surface area (Å²) in [5.41, 5.74) is 1.57. The summed E-state index contributed by atoms with van der Waals surface area (Å²) in [5.74, 6) is -1.07. The molecule has 0 saturated carbocycles. The predicted molar refractivity (Wildman–Crippen MR) is 62.2 cm³/mol. The Hall–Kier alpha value is -1.42. The number of nitrogens with zero attached hydrogens (tertiary/aromatic N) is 1. The molecule has 1 aliphatic heterocycles. The maximum absolute atomic E-state index is 13.6. The Kier molecular flexibility index (Phi) is 3.43. The van der Waals surface area contributed by atoms with Gasteiger partial charge >= 0.3 is 5.97 Å². The number of benzene rings is 1. The van der Waals surface area contributed by atoms with Gasteiger partial charge in [0.15, 0.2) is 0 Å². The highest BCUT2D eigenvalue weighted by Crippen LogP contribution is 2.21. The molecule has 1 aliphatic rings. The number of halogens is 1. The Morgan fingerprint density at radius 3 is 3.06 bits per heavy atom. The zero-order chi connectivity index (χ0) is 12.4. The summed E-state index contributed by atoms with van der Waals surface area (Å²) >= 11 is 0. The molecule has 1 saturated heterocycles. The van der Waals surface area contributed by atoms with E-state index in [9.17, 15) is 9.18 Å². The Morgan fingerprint density at radius 1 is 1.59 bits per heavy atom. The molecule has 0 unspecified atom stereocenters. The monoisotopic (exact) mass is 237 g/mol. The van der Waals surface area contributed by atoms with Crippen molar-refractivity contribution in [3.8, 4) is 0 Å². The first-order valence-corrected chi connectivity index (χ1v) is 5.80. The molecule has 1 fully saturated rings. The second kappa shape index (κ2) is 4.84. The maximum atomic E-state index is 13.6. The van der Waals surface area contributed by atoms with Crippen LogP contribution in [0.25, 0.3) is 0 Å². The number of hydrogen-bond donors (Lipinski definition) is 1. The average Bonchev–Trinajstić information content (AvgIpc) is 2.71. The zero-order valence-electron chi connectivity index (χ0n) is 9.82. The molecule has 0 radical (unpaired) electrons. The highest BCUT2D eigenvalue weighted by molar-refractivity contribution is 5.73. The summed E-state index contributed by atoms with van der Waals surface area (Å²) in [6.07, 6.45) is 1.52. The van der Waals surface area contributed by atoms with E-state index in [1.807, 2.05) is 11.8 Å². The van der Waals surface area contributed by atoms with Gasteiger partial charge < -0.3 is 5.11 Å². The molecular formula is C13H16FNO2. The van der Waals surface area contributed by atoms with Crippen molar-refractivity contribution >= 4 is 5.97 Å². The van der Waals surface area contributed by atoms with Gasteiger partial charge in [0.1, 0.15) is 11.9 Å². The Morgan fingerprint density at radius 2 is 2.35 bits per heavy atom. The third kappa shape index (κ3) is 2.64. The summed E-state index contributed by atoms with van der Waals surface area (Å²) in [6.45, 7) is 3.01. The summed E-state index contributed by atoms with van der Waals surface area (Å²) in [4.78, 5) is 12.9. The van der Waals surface area contributed by atoms with Crippen LogP contribution in [0.2, 0.25) is 0 Å². The fraction of sp³-hybridized carbons (Fsp3) is 0.462. The van der Waals surface area contributed by atoms with Crippen LogP contribution in [0.3, 0.4) is 0 Å². The maximum Gasteiger partial charge on any atom is 0.320 e. The van der Waals surface area contributed by atoms with Gasteiger partial charge in [-0.2, -0.15) is 0 Å². The first-order chi connectivity index (χ1) is 8.08. The zero-order valence-corrected chi connectivity index (χ0v) is 9.82. The van der Waals surface area contributed by atoms with E-state index in [-0.39, 0.29) is 5.82 Å². The lowest BCUT2D eigenvalue weighted by molar-refractivity contribution is -0.142. The van der Waals surface area contributed by atoms with E-state index in [2.05, 4.69) is 0 Å². The van der Waals surface area contributed by atoms with Gasteiger partial charge in [-0.25, -0.2) is 4.39 Å². The van der Waals surface area contributed by atoms with Gasteiger partial charge in [0.05, 0.1) is 0 Å². The molecule has 0 aliphatic carbocycles. The molecule has 0 spiro atoms. The number of rotatable bonds is 3. The van der Waals surface area contributed by atoms with Crippen molar-refractivity contribution in [2.75, 3.05) is 6.54 Å². The SMILES string of the molecule is Cc1ccc(F)c(CN2CCC[C@@H]2C(=O)O)c1. The first-order valence-electron chi connectivity index (χ1n) is 5.80. The number of carboxylic acids is 1. The second-order valence-electron chi connectivity index (χ2n) is 4.56. The van der Waals surface area contributed by atoms with Gasteiger partial charge in [-0.1, -0.05) is 17.7 Å². The van der Waals surface area contributed by atoms with Gasteiger partial charge in [-0.05, 0) is 32.4 Å². The largest absolute Gasteiger partial charge is 0.480 e. The van der Waals surface area contributed by atoms with Crippen LogP contribution in [0, 0.1) is 12.7 Å². The third-order valence-electron chi connectivity index (χ3n) is 3.22. The van der Waals surface area contributed by atoms with Gasteiger partial charge in [-0.3, -0.25) is 9.69 Å². The molecule has 1 atom stereocenters. The second-order valence-corrected chi connectivity index (χ2v) is 4.56. The van der Waals surface area contributed by atoms with E-state index in [1.165, 1.54) is 6.07 Å². The van der Waals surface area contributed by atoms with Crippen LogP contribution in [0.4, 0.5) is 4.39 Å². The van der Waals surface area contributed by atoms with Crippen molar-refractivity contribution < 1.29 is 14.3 Å². The number of carbonyl (C=O) groups is 1. The molecule has 2 rings (SSSR count). The lowest BCUT2D eigenvalue weighted by Gasteiger charge is -2.21. The van der Waals surface area contributed by atoms with Crippen molar-refractivity contribution in [2.24, 2.45) is 0 Å². The van der Waals surface area contributed by atoms with Crippen molar-refractivity contribution in [1.82, 2.24) is 4.90 Å². The minimum absolute atomic E-state index is 0.258. The van der Waals surface area contributed by atoms with Gasteiger partial charge in [-0.15, -0.1) is 0 Å². The average molecular weight is 237 g/mol.